The van der Waals surface area contributed by atoms with Crippen LogP contribution in [0.25, 0.3) is 0 Å². The molecule has 0 saturated carbocycles. The molecule has 1 amide bonds. The summed E-state index contributed by atoms with van der Waals surface area (Å²) < 4.78 is 27.7. The van der Waals surface area contributed by atoms with Gasteiger partial charge in [0.25, 0.3) is 0 Å². The highest BCUT2D eigenvalue weighted by Gasteiger charge is 2.17. The first-order valence-corrected chi connectivity index (χ1v) is 7.65. The summed E-state index contributed by atoms with van der Waals surface area (Å²) in [7, 11) is -3.01. The van der Waals surface area contributed by atoms with E-state index in [2.05, 4.69) is 10.6 Å². The molecule has 1 aliphatic rings. The van der Waals surface area contributed by atoms with Gasteiger partial charge in [-0.1, -0.05) is 6.92 Å². The standard InChI is InChI=1S/C10H20N2O4S/c1-2-17(14,15)6-4-12-10(13)7-9-8-11-3-5-16-9/h9,11H,2-8H2,1H3,(H,12,13). The van der Waals surface area contributed by atoms with Gasteiger partial charge in [0.05, 0.1) is 24.9 Å². The van der Waals surface area contributed by atoms with Crippen molar-refractivity contribution in [1.29, 1.82) is 0 Å². The number of carbonyl (C=O) groups excluding carboxylic acids is 1. The van der Waals surface area contributed by atoms with Crippen LogP contribution < -0.4 is 10.6 Å². The molecule has 17 heavy (non-hydrogen) atoms. The van der Waals surface area contributed by atoms with E-state index in [0.29, 0.717) is 13.2 Å². The Bertz CT molecular complexity index is 336. The molecular weight excluding hydrogens is 244 g/mol. The predicted octanol–water partition coefficient (Wildman–Crippen LogP) is -1.08. The first-order chi connectivity index (χ1) is 8.03. The fraction of sp³-hybridized carbons (Fsp3) is 0.900. The summed E-state index contributed by atoms with van der Waals surface area (Å²) in [6.45, 7) is 3.86. The molecular formula is C10H20N2O4S. The summed E-state index contributed by atoms with van der Waals surface area (Å²) in [6.07, 6.45) is 0.172. The maximum atomic E-state index is 11.5. The van der Waals surface area contributed by atoms with Crippen LogP contribution in [-0.4, -0.2) is 58.2 Å². The Morgan fingerprint density at radius 3 is 2.88 bits per heavy atom. The average molecular weight is 264 g/mol. The van der Waals surface area contributed by atoms with Crippen molar-refractivity contribution >= 4 is 15.7 Å². The fourth-order valence-corrected chi connectivity index (χ4v) is 2.22. The number of ether oxygens (including phenoxy) is 1. The Balaban J connectivity index is 2.16. The second-order valence-electron chi connectivity index (χ2n) is 3.99. The van der Waals surface area contributed by atoms with Crippen molar-refractivity contribution in [2.24, 2.45) is 0 Å². The third-order valence-electron chi connectivity index (χ3n) is 2.59. The number of amides is 1. The van der Waals surface area contributed by atoms with Gasteiger partial charge in [-0.2, -0.15) is 0 Å². The summed E-state index contributed by atoms with van der Waals surface area (Å²) in [5, 5.41) is 5.72. The number of rotatable bonds is 6. The minimum atomic E-state index is -3.01. The lowest BCUT2D eigenvalue weighted by molar-refractivity contribution is -0.124. The molecule has 1 rings (SSSR count). The second-order valence-corrected chi connectivity index (χ2v) is 6.46. The van der Waals surface area contributed by atoms with E-state index in [4.69, 9.17) is 4.74 Å². The van der Waals surface area contributed by atoms with Crippen LogP contribution in [0, 0.1) is 0 Å². The molecule has 2 N–H and O–H groups in total. The van der Waals surface area contributed by atoms with Crippen molar-refractivity contribution in [3.63, 3.8) is 0 Å². The zero-order valence-corrected chi connectivity index (χ0v) is 10.9. The smallest absolute Gasteiger partial charge is 0.222 e. The Hall–Kier alpha value is -0.660. The van der Waals surface area contributed by atoms with Crippen LogP contribution in [0.1, 0.15) is 13.3 Å². The normalized spacial score (nSPS) is 21.1. The first-order valence-electron chi connectivity index (χ1n) is 5.83. The van der Waals surface area contributed by atoms with Gasteiger partial charge in [0, 0.05) is 25.4 Å². The van der Waals surface area contributed by atoms with Crippen LogP contribution >= 0.6 is 0 Å². The molecule has 1 unspecified atom stereocenters. The van der Waals surface area contributed by atoms with Crippen molar-refractivity contribution in [3.05, 3.63) is 0 Å². The van der Waals surface area contributed by atoms with Crippen molar-refractivity contribution in [2.45, 2.75) is 19.4 Å². The first kappa shape index (κ1) is 14.4. The number of hydrogen-bond donors (Lipinski definition) is 2. The molecule has 7 heteroatoms. The highest BCUT2D eigenvalue weighted by atomic mass is 32.2. The predicted molar refractivity (Wildman–Crippen MR) is 64.6 cm³/mol. The monoisotopic (exact) mass is 264 g/mol. The van der Waals surface area contributed by atoms with Gasteiger partial charge in [0.15, 0.2) is 9.84 Å². The molecule has 1 fully saturated rings. The van der Waals surface area contributed by atoms with E-state index in [-0.39, 0.29) is 36.5 Å². The molecule has 6 nitrogen and oxygen atoms in total. The van der Waals surface area contributed by atoms with Gasteiger partial charge in [0.2, 0.25) is 5.91 Å². The zero-order valence-electron chi connectivity index (χ0n) is 10.1. The second kappa shape index (κ2) is 6.93. The lowest BCUT2D eigenvalue weighted by Gasteiger charge is -2.22. The van der Waals surface area contributed by atoms with Gasteiger partial charge in [-0.15, -0.1) is 0 Å². The third kappa shape index (κ3) is 5.99. The number of hydrogen-bond acceptors (Lipinski definition) is 5. The van der Waals surface area contributed by atoms with Gasteiger partial charge in [0.1, 0.15) is 0 Å². The highest BCUT2D eigenvalue weighted by molar-refractivity contribution is 7.91. The van der Waals surface area contributed by atoms with E-state index in [1.807, 2.05) is 0 Å². The molecule has 0 radical (unpaired) electrons. The van der Waals surface area contributed by atoms with E-state index >= 15 is 0 Å². The largest absolute Gasteiger partial charge is 0.375 e. The Labute approximate surface area is 102 Å². The van der Waals surface area contributed by atoms with Crippen LogP contribution in [0.5, 0.6) is 0 Å². The lowest BCUT2D eigenvalue weighted by Crippen LogP contribution is -2.42. The summed E-state index contributed by atoms with van der Waals surface area (Å²) in [5.41, 5.74) is 0. The maximum Gasteiger partial charge on any atom is 0.222 e. The number of morpholine rings is 1. The minimum Gasteiger partial charge on any atom is -0.375 e. The summed E-state index contributed by atoms with van der Waals surface area (Å²) in [6, 6.07) is 0. The van der Waals surface area contributed by atoms with E-state index in [1.165, 1.54) is 0 Å². The molecule has 100 valence electrons. The van der Waals surface area contributed by atoms with Crippen molar-refractivity contribution < 1.29 is 17.9 Å². The molecule has 0 bridgehead atoms. The van der Waals surface area contributed by atoms with Gasteiger partial charge in [-0.3, -0.25) is 4.79 Å². The molecule has 0 aromatic carbocycles. The molecule has 1 heterocycles. The Kier molecular flexibility index (Phi) is 5.87. The molecule has 1 atom stereocenters. The van der Waals surface area contributed by atoms with Gasteiger partial charge >= 0.3 is 0 Å². The van der Waals surface area contributed by atoms with Gasteiger partial charge in [-0.05, 0) is 0 Å². The topological polar surface area (TPSA) is 84.5 Å². The van der Waals surface area contributed by atoms with Gasteiger partial charge < -0.3 is 15.4 Å². The number of sulfone groups is 1. The van der Waals surface area contributed by atoms with Crippen molar-refractivity contribution in [1.82, 2.24) is 10.6 Å². The van der Waals surface area contributed by atoms with Crippen molar-refractivity contribution in [3.8, 4) is 0 Å². The van der Waals surface area contributed by atoms with E-state index in [1.54, 1.807) is 6.92 Å². The Morgan fingerprint density at radius 1 is 1.53 bits per heavy atom. The lowest BCUT2D eigenvalue weighted by atomic mass is 10.2. The highest BCUT2D eigenvalue weighted by Crippen LogP contribution is 2.00. The number of nitrogens with one attached hydrogen (secondary N) is 2. The molecule has 0 aromatic heterocycles. The van der Waals surface area contributed by atoms with E-state index in [9.17, 15) is 13.2 Å². The molecule has 0 aliphatic carbocycles. The average Bonchev–Trinajstić information content (AvgIpc) is 2.30. The van der Waals surface area contributed by atoms with Crippen LogP contribution in [0.3, 0.4) is 0 Å². The zero-order chi connectivity index (χ0) is 12.7. The summed E-state index contributed by atoms with van der Waals surface area (Å²) in [5.74, 6) is -0.0534. The van der Waals surface area contributed by atoms with Crippen LogP contribution in [0.2, 0.25) is 0 Å². The van der Waals surface area contributed by atoms with Crippen LogP contribution in [0.15, 0.2) is 0 Å². The van der Waals surface area contributed by atoms with E-state index in [0.717, 1.165) is 6.54 Å². The van der Waals surface area contributed by atoms with Gasteiger partial charge in [-0.25, -0.2) is 8.42 Å². The van der Waals surface area contributed by atoms with Crippen LogP contribution in [-0.2, 0) is 19.4 Å². The maximum absolute atomic E-state index is 11.5. The molecule has 1 saturated heterocycles. The van der Waals surface area contributed by atoms with Crippen LogP contribution in [0.4, 0.5) is 0 Å². The molecule has 1 aliphatic heterocycles. The third-order valence-corrected chi connectivity index (χ3v) is 4.30. The summed E-state index contributed by atoms with van der Waals surface area (Å²) in [4.78, 5) is 11.5. The van der Waals surface area contributed by atoms with E-state index < -0.39 is 9.84 Å². The molecule has 0 aromatic rings. The van der Waals surface area contributed by atoms with Crippen molar-refractivity contribution in [2.75, 3.05) is 37.7 Å². The number of carbonyl (C=O) groups is 1. The molecule has 0 spiro atoms. The quantitative estimate of drug-likeness (QED) is 0.637. The summed E-state index contributed by atoms with van der Waals surface area (Å²) >= 11 is 0. The Morgan fingerprint density at radius 2 is 2.29 bits per heavy atom. The minimum absolute atomic E-state index is 0.000978. The SMILES string of the molecule is CCS(=O)(=O)CCNC(=O)CC1CNCCO1. The fourth-order valence-electron chi connectivity index (χ4n) is 1.52.